The summed E-state index contributed by atoms with van der Waals surface area (Å²) in [4.78, 5) is 10.8. The summed E-state index contributed by atoms with van der Waals surface area (Å²) >= 11 is 3.48. The second kappa shape index (κ2) is 4.03. The zero-order valence-electron chi connectivity index (χ0n) is 8.27. The van der Waals surface area contributed by atoms with Crippen LogP contribution in [0.4, 0.5) is 0 Å². The third kappa shape index (κ3) is 1.88. The van der Waals surface area contributed by atoms with Crippen molar-refractivity contribution in [3.8, 4) is 5.69 Å². The van der Waals surface area contributed by atoms with Crippen LogP contribution < -0.4 is 0 Å². The summed E-state index contributed by atoms with van der Waals surface area (Å²) in [6.07, 6.45) is 2.73. The Morgan fingerprint density at radius 2 is 2.13 bits per heavy atom. The largest absolute Gasteiger partial charge is 0.314 e. The highest BCUT2D eigenvalue weighted by Gasteiger charge is 2.03. The Morgan fingerprint density at radius 1 is 1.33 bits per heavy atom. The number of rotatable bonds is 2. The molecule has 2 aromatic rings. The summed E-state index contributed by atoms with van der Waals surface area (Å²) in [6.45, 7) is 2.03. The first-order valence-corrected chi connectivity index (χ1v) is 5.41. The molecule has 0 aliphatic carbocycles. The molecule has 2 nitrogen and oxygen atoms in total. The van der Waals surface area contributed by atoms with Crippen LogP contribution in [0, 0.1) is 6.92 Å². The van der Waals surface area contributed by atoms with Crippen molar-refractivity contribution in [3.05, 3.63) is 52.3 Å². The van der Waals surface area contributed by atoms with Gasteiger partial charge in [-0.25, -0.2) is 0 Å². The van der Waals surface area contributed by atoms with E-state index in [2.05, 4.69) is 15.9 Å². The van der Waals surface area contributed by atoms with Crippen molar-refractivity contribution in [1.29, 1.82) is 0 Å². The van der Waals surface area contributed by atoms with Crippen LogP contribution in [0.15, 0.2) is 41.0 Å². The van der Waals surface area contributed by atoms with Gasteiger partial charge in [0, 0.05) is 16.4 Å². The number of aldehydes is 1. The summed E-state index contributed by atoms with van der Waals surface area (Å²) in [5.74, 6) is 0. The molecule has 0 aliphatic heterocycles. The van der Waals surface area contributed by atoms with Crippen molar-refractivity contribution in [2.45, 2.75) is 6.92 Å². The van der Waals surface area contributed by atoms with Crippen LogP contribution in [0.1, 0.15) is 16.1 Å². The SMILES string of the molecule is Cc1ccc(-n2cccc2C=O)cc1Br. The highest BCUT2D eigenvalue weighted by Crippen LogP contribution is 2.21. The summed E-state index contributed by atoms with van der Waals surface area (Å²) in [7, 11) is 0. The van der Waals surface area contributed by atoms with Crippen LogP contribution in [-0.4, -0.2) is 10.9 Å². The third-order valence-electron chi connectivity index (χ3n) is 2.33. The number of benzene rings is 1. The standard InChI is InChI=1S/C12H10BrNO/c1-9-4-5-10(7-12(9)13)14-6-2-3-11(14)8-15/h2-8H,1H3. The van der Waals surface area contributed by atoms with Gasteiger partial charge in [0.15, 0.2) is 6.29 Å². The molecule has 0 radical (unpaired) electrons. The number of nitrogens with zero attached hydrogens (tertiary/aromatic N) is 1. The first-order valence-electron chi connectivity index (χ1n) is 4.61. The molecule has 0 atom stereocenters. The highest BCUT2D eigenvalue weighted by molar-refractivity contribution is 9.10. The van der Waals surface area contributed by atoms with E-state index in [1.165, 1.54) is 5.56 Å². The van der Waals surface area contributed by atoms with E-state index >= 15 is 0 Å². The number of hydrogen-bond donors (Lipinski definition) is 0. The number of halogens is 1. The summed E-state index contributed by atoms with van der Waals surface area (Å²) in [5.41, 5.74) is 2.82. The predicted octanol–water partition coefficient (Wildman–Crippen LogP) is 3.36. The Morgan fingerprint density at radius 3 is 2.80 bits per heavy atom. The average Bonchev–Trinajstić information content (AvgIpc) is 2.70. The topological polar surface area (TPSA) is 22.0 Å². The van der Waals surface area contributed by atoms with Crippen molar-refractivity contribution in [2.75, 3.05) is 0 Å². The molecule has 76 valence electrons. The van der Waals surface area contributed by atoms with Crippen molar-refractivity contribution in [2.24, 2.45) is 0 Å². The Bertz CT molecular complexity index is 502. The molecule has 0 fully saturated rings. The number of aromatic nitrogens is 1. The van der Waals surface area contributed by atoms with Gasteiger partial charge < -0.3 is 4.57 Å². The van der Waals surface area contributed by atoms with E-state index in [0.29, 0.717) is 5.69 Å². The molecule has 1 heterocycles. The van der Waals surface area contributed by atoms with Gasteiger partial charge in [-0.1, -0.05) is 22.0 Å². The van der Waals surface area contributed by atoms with E-state index in [9.17, 15) is 4.79 Å². The highest BCUT2D eigenvalue weighted by atomic mass is 79.9. The first kappa shape index (κ1) is 10.2. The molecule has 0 aliphatic rings. The lowest BCUT2D eigenvalue weighted by molar-refractivity contribution is 0.111. The maximum atomic E-state index is 10.8. The molecule has 1 aromatic carbocycles. The number of aryl methyl sites for hydroxylation is 1. The minimum atomic E-state index is 0.658. The van der Waals surface area contributed by atoms with Crippen LogP contribution in [0.2, 0.25) is 0 Å². The van der Waals surface area contributed by atoms with Crippen molar-refractivity contribution in [3.63, 3.8) is 0 Å². The lowest BCUT2D eigenvalue weighted by Crippen LogP contribution is -1.97. The Balaban J connectivity index is 2.54. The van der Waals surface area contributed by atoms with E-state index in [1.54, 1.807) is 6.07 Å². The maximum absolute atomic E-state index is 10.8. The molecule has 0 spiro atoms. The molecule has 0 unspecified atom stereocenters. The fourth-order valence-electron chi connectivity index (χ4n) is 1.46. The molecule has 1 aromatic heterocycles. The fourth-order valence-corrected chi connectivity index (χ4v) is 1.82. The summed E-state index contributed by atoms with van der Waals surface area (Å²) < 4.78 is 2.91. The Hall–Kier alpha value is -1.35. The molecular formula is C12H10BrNO. The summed E-state index contributed by atoms with van der Waals surface area (Å²) in [5, 5.41) is 0. The van der Waals surface area contributed by atoms with Gasteiger partial charge in [-0.15, -0.1) is 0 Å². The normalized spacial score (nSPS) is 10.3. The quantitative estimate of drug-likeness (QED) is 0.762. The second-order valence-electron chi connectivity index (χ2n) is 3.35. The molecule has 0 saturated carbocycles. The third-order valence-corrected chi connectivity index (χ3v) is 3.19. The van der Waals surface area contributed by atoms with Gasteiger partial charge in [0.05, 0.1) is 5.69 Å². The van der Waals surface area contributed by atoms with Gasteiger partial charge in [0.25, 0.3) is 0 Å². The van der Waals surface area contributed by atoms with E-state index in [-0.39, 0.29) is 0 Å². The number of carbonyl (C=O) groups excluding carboxylic acids is 1. The van der Waals surface area contributed by atoms with Crippen LogP contribution in [0.3, 0.4) is 0 Å². The van der Waals surface area contributed by atoms with Gasteiger partial charge in [0.1, 0.15) is 0 Å². The van der Waals surface area contributed by atoms with Crippen molar-refractivity contribution >= 4 is 22.2 Å². The van der Waals surface area contributed by atoms with Crippen LogP contribution >= 0.6 is 15.9 Å². The Kier molecular flexibility index (Phi) is 2.73. The van der Waals surface area contributed by atoms with Gasteiger partial charge in [-0.3, -0.25) is 4.79 Å². The van der Waals surface area contributed by atoms with Gasteiger partial charge in [-0.05, 0) is 36.8 Å². The molecule has 15 heavy (non-hydrogen) atoms. The van der Waals surface area contributed by atoms with Crippen LogP contribution in [-0.2, 0) is 0 Å². The molecule has 2 rings (SSSR count). The minimum Gasteiger partial charge on any atom is -0.314 e. The van der Waals surface area contributed by atoms with Crippen molar-refractivity contribution < 1.29 is 4.79 Å². The predicted molar refractivity (Wildman–Crippen MR) is 63.6 cm³/mol. The zero-order valence-corrected chi connectivity index (χ0v) is 9.86. The molecular weight excluding hydrogens is 254 g/mol. The molecule has 0 N–H and O–H groups in total. The van der Waals surface area contributed by atoms with E-state index in [4.69, 9.17) is 0 Å². The molecule has 0 amide bonds. The van der Waals surface area contributed by atoms with Crippen LogP contribution in [0.25, 0.3) is 5.69 Å². The van der Waals surface area contributed by atoms with Crippen LogP contribution in [0.5, 0.6) is 0 Å². The summed E-state index contributed by atoms with van der Waals surface area (Å²) in [6, 6.07) is 9.67. The van der Waals surface area contributed by atoms with Crippen molar-refractivity contribution in [1.82, 2.24) is 4.57 Å². The number of carbonyl (C=O) groups is 1. The minimum absolute atomic E-state index is 0.658. The lowest BCUT2D eigenvalue weighted by Gasteiger charge is -2.07. The molecule has 0 saturated heterocycles. The smallest absolute Gasteiger partial charge is 0.166 e. The van der Waals surface area contributed by atoms with E-state index < -0.39 is 0 Å². The average molecular weight is 264 g/mol. The first-order chi connectivity index (χ1) is 7.22. The lowest BCUT2D eigenvalue weighted by atomic mass is 10.2. The van der Waals surface area contributed by atoms with Gasteiger partial charge in [-0.2, -0.15) is 0 Å². The second-order valence-corrected chi connectivity index (χ2v) is 4.21. The zero-order chi connectivity index (χ0) is 10.8. The van der Waals surface area contributed by atoms with E-state index in [1.807, 2.05) is 42.0 Å². The molecule has 0 bridgehead atoms. The fraction of sp³-hybridized carbons (Fsp3) is 0.0833. The van der Waals surface area contributed by atoms with Gasteiger partial charge in [0.2, 0.25) is 0 Å². The van der Waals surface area contributed by atoms with E-state index in [0.717, 1.165) is 16.4 Å². The maximum Gasteiger partial charge on any atom is 0.166 e. The monoisotopic (exact) mass is 263 g/mol. The van der Waals surface area contributed by atoms with Gasteiger partial charge >= 0.3 is 0 Å². The molecule has 3 heteroatoms. The Labute approximate surface area is 96.7 Å². The number of hydrogen-bond acceptors (Lipinski definition) is 1.